The van der Waals surface area contributed by atoms with Gasteiger partial charge in [0.1, 0.15) is 6.10 Å². The van der Waals surface area contributed by atoms with Crippen LogP contribution in [0.4, 0.5) is 0 Å². The molecule has 0 spiro atoms. The van der Waals surface area contributed by atoms with Crippen LogP contribution in [0.5, 0.6) is 0 Å². The van der Waals surface area contributed by atoms with Crippen LogP contribution >= 0.6 is 11.8 Å². The van der Waals surface area contributed by atoms with E-state index in [1.54, 1.807) is 0 Å². The third-order valence-electron chi connectivity index (χ3n) is 3.62. The van der Waals surface area contributed by atoms with E-state index in [0.717, 1.165) is 44.3 Å². The number of hydrogen-bond acceptors (Lipinski definition) is 7. The fraction of sp³-hybridized carbons (Fsp3) is 0.833. The van der Waals surface area contributed by atoms with Crippen molar-refractivity contribution in [2.45, 2.75) is 19.1 Å². The molecule has 2 aliphatic rings. The first-order valence-corrected chi connectivity index (χ1v) is 7.97. The van der Waals surface area contributed by atoms with Crippen LogP contribution in [-0.2, 0) is 4.74 Å². The lowest BCUT2D eigenvalue weighted by molar-refractivity contribution is 0.0677. The third-order valence-corrected chi connectivity index (χ3v) is 4.61. The summed E-state index contributed by atoms with van der Waals surface area (Å²) in [5, 5.41) is 7.44. The molecule has 0 aromatic carbocycles. The third kappa shape index (κ3) is 3.10. The molecule has 0 amide bonds. The van der Waals surface area contributed by atoms with Crippen molar-refractivity contribution in [2.75, 3.05) is 44.3 Å². The van der Waals surface area contributed by atoms with Gasteiger partial charge in [-0.25, -0.2) is 0 Å². The highest BCUT2D eigenvalue weighted by Gasteiger charge is 2.26. The first kappa shape index (κ1) is 13.4. The summed E-state index contributed by atoms with van der Waals surface area (Å²) in [6.07, 6.45) is -0.00790. The van der Waals surface area contributed by atoms with E-state index in [2.05, 4.69) is 27.3 Å². The van der Waals surface area contributed by atoms with Gasteiger partial charge in [0.15, 0.2) is 0 Å². The number of nitrogens with zero attached hydrogens (tertiary/aromatic N) is 3. The number of piperazine rings is 1. The molecule has 2 fully saturated rings. The Morgan fingerprint density at radius 1 is 1.42 bits per heavy atom. The number of thioether (sulfide) groups is 1. The van der Waals surface area contributed by atoms with Crippen molar-refractivity contribution in [3.63, 3.8) is 0 Å². The summed E-state index contributed by atoms with van der Waals surface area (Å²) >= 11 is 1.88. The molecule has 2 saturated heterocycles. The molecule has 3 heterocycles. The fourth-order valence-electron chi connectivity index (χ4n) is 2.41. The molecule has 1 aromatic rings. The zero-order chi connectivity index (χ0) is 13.1. The lowest BCUT2D eigenvalue weighted by Gasteiger charge is -2.30. The maximum Gasteiger partial charge on any atom is 0.243 e. The molecule has 0 radical (unpaired) electrons. The second-order valence-corrected chi connectivity index (χ2v) is 6.04. The standard InChI is InChI=1S/C12H20N4O2S/c1-9(16-4-2-13-3-5-16)12-14-11(15-18-12)10-8-19-7-6-17-10/h9-10,13H,2-8H2,1H3. The van der Waals surface area contributed by atoms with Crippen LogP contribution in [0.15, 0.2) is 4.52 Å². The normalized spacial score (nSPS) is 27.3. The van der Waals surface area contributed by atoms with Gasteiger partial charge in [-0.3, -0.25) is 4.90 Å². The Bertz CT molecular complexity index is 402. The molecule has 2 aliphatic heterocycles. The van der Waals surface area contributed by atoms with Crippen molar-refractivity contribution in [2.24, 2.45) is 0 Å². The number of hydrogen-bond donors (Lipinski definition) is 1. The van der Waals surface area contributed by atoms with Crippen molar-refractivity contribution in [1.29, 1.82) is 0 Å². The van der Waals surface area contributed by atoms with E-state index in [-0.39, 0.29) is 12.1 Å². The van der Waals surface area contributed by atoms with Gasteiger partial charge in [-0.15, -0.1) is 0 Å². The molecular formula is C12H20N4O2S. The monoisotopic (exact) mass is 284 g/mol. The van der Waals surface area contributed by atoms with E-state index in [0.29, 0.717) is 11.7 Å². The van der Waals surface area contributed by atoms with Gasteiger partial charge < -0.3 is 14.6 Å². The molecule has 3 rings (SSSR count). The fourth-order valence-corrected chi connectivity index (χ4v) is 3.25. The van der Waals surface area contributed by atoms with E-state index in [9.17, 15) is 0 Å². The average molecular weight is 284 g/mol. The van der Waals surface area contributed by atoms with E-state index < -0.39 is 0 Å². The largest absolute Gasteiger partial charge is 0.368 e. The predicted octanol–water partition coefficient (Wildman–Crippen LogP) is 0.840. The van der Waals surface area contributed by atoms with E-state index in [4.69, 9.17) is 9.26 Å². The van der Waals surface area contributed by atoms with Crippen LogP contribution < -0.4 is 5.32 Å². The first-order chi connectivity index (χ1) is 9.34. The summed E-state index contributed by atoms with van der Waals surface area (Å²) in [7, 11) is 0. The summed E-state index contributed by atoms with van der Waals surface area (Å²) in [6, 6.07) is 0.180. The summed E-state index contributed by atoms with van der Waals surface area (Å²) in [4.78, 5) is 6.90. The van der Waals surface area contributed by atoms with Crippen molar-refractivity contribution in [1.82, 2.24) is 20.4 Å². The van der Waals surface area contributed by atoms with Crippen molar-refractivity contribution >= 4 is 11.8 Å². The second-order valence-electron chi connectivity index (χ2n) is 4.89. The van der Waals surface area contributed by atoms with Crippen molar-refractivity contribution < 1.29 is 9.26 Å². The molecule has 0 saturated carbocycles. The van der Waals surface area contributed by atoms with Gasteiger partial charge in [0.05, 0.1) is 12.6 Å². The van der Waals surface area contributed by atoms with E-state index in [1.165, 1.54) is 0 Å². The Hall–Kier alpha value is -0.630. The summed E-state index contributed by atoms with van der Waals surface area (Å²) < 4.78 is 11.1. The Morgan fingerprint density at radius 3 is 3.00 bits per heavy atom. The van der Waals surface area contributed by atoms with Gasteiger partial charge in [-0.1, -0.05) is 5.16 Å². The molecule has 0 bridgehead atoms. The predicted molar refractivity (Wildman–Crippen MR) is 73.2 cm³/mol. The Labute approximate surface area is 117 Å². The highest BCUT2D eigenvalue weighted by Crippen LogP contribution is 2.26. The number of aromatic nitrogens is 2. The van der Waals surface area contributed by atoms with Gasteiger partial charge in [0, 0.05) is 37.7 Å². The highest BCUT2D eigenvalue weighted by molar-refractivity contribution is 7.99. The van der Waals surface area contributed by atoms with Crippen LogP contribution in [0.25, 0.3) is 0 Å². The first-order valence-electron chi connectivity index (χ1n) is 6.82. The van der Waals surface area contributed by atoms with Crippen LogP contribution in [-0.4, -0.2) is 59.3 Å². The Kier molecular flexibility index (Phi) is 4.37. The molecule has 0 aliphatic carbocycles. The van der Waals surface area contributed by atoms with Crippen LogP contribution in [0.2, 0.25) is 0 Å². The number of rotatable bonds is 3. The number of ether oxygens (including phenoxy) is 1. The maximum atomic E-state index is 5.67. The van der Waals surface area contributed by atoms with Crippen LogP contribution in [0.3, 0.4) is 0 Å². The zero-order valence-electron chi connectivity index (χ0n) is 11.2. The molecule has 19 heavy (non-hydrogen) atoms. The number of nitrogens with one attached hydrogen (secondary N) is 1. The minimum Gasteiger partial charge on any atom is -0.368 e. The molecule has 6 nitrogen and oxygen atoms in total. The average Bonchev–Trinajstić information content (AvgIpc) is 2.98. The molecule has 106 valence electrons. The lowest BCUT2D eigenvalue weighted by Crippen LogP contribution is -2.44. The summed E-state index contributed by atoms with van der Waals surface area (Å²) in [5.41, 5.74) is 0. The zero-order valence-corrected chi connectivity index (χ0v) is 12.0. The maximum absolute atomic E-state index is 5.67. The van der Waals surface area contributed by atoms with Gasteiger partial charge in [0.2, 0.25) is 11.7 Å². The quantitative estimate of drug-likeness (QED) is 0.882. The van der Waals surface area contributed by atoms with Crippen LogP contribution in [0, 0.1) is 0 Å². The minimum atomic E-state index is -0.00790. The molecule has 1 N–H and O–H groups in total. The van der Waals surface area contributed by atoms with Gasteiger partial charge in [-0.2, -0.15) is 16.7 Å². The Morgan fingerprint density at radius 2 is 2.26 bits per heavy atom. The van der Waals surface area contributed by atoms with E-state index in [1.807, 2.05) is 11.8 Å². The summed E-state index contributed by atoms with van der Waals surface area (Å²) in [5.74, 6) is 3.37. The lowest BCUT2D eigenvalue weighted by atomic mass is 10.2. The van der Waals surface area contributed by atoms with Gasteiger partial charge in [-0.05, 0) is 6.92 Å². The molecule has 2 unspecified atom stereocenters. The van der Waals surface area contributed by atoms with Gasteiger partial charge in [0.25, 0.3) is 0 Å². The topological polar surface area (TPSA) is 63.4 Å². The van der Waals surface area contributed by atoms with Gasteiger partial charge >= 0.3 is 0 Å². The minimum absolute atomic E-state index is 0.00790. The second kappa shape index (κ2) is 6.21. The molecular weight excluding hydrogens is 264 g/mol. The smallest absolute Gasteiger partial charge is 0.243 e. The van der Waals surface area contributed by atoms with E-state index >= 15 is 0 Å². The summed E-state index contributed by atoms with van der Waals surface area (Å²) in [6.45, 7) is 6.98. The Balaban J connectivity index is 1.65. The van der Waals surface area contributed by atoms with Crippen LogP contribution in [0.1, 0.15) is 30.8 Å². The van der Waals surface area contributed by atoms with Crippen molar-refractivity contribution in [3.05, 3.63) is 11.7 Å². The highest BCUT2D eigenvalue weighted by atomic mass is 32.2. The molecule has 7 heteroatoms. The van der Waals surface area contributed by atoms with Crippen molar-refractivity contribution in [3.8, 4) is 0 Å². The molecule has 1 aromatic heterocycles. The molecule has 2 atom stereocenters. The SMILES string of the molecule is CC(c1nc(C2CSCCO2)no1)N1CCNCC1.